The molecule has 4 heteroatoms. The van der Waals surface area contributed by atoms with E-state index >= 15 is 0 Å². The number of amides is 1. The lowest BCUT2D eigenvalue weighted by Gasteiger charge is -2.21. The number of rotatable bonds is 8. The first kappa shape index (κ1) is 16.0. The molecule has 0 aliphatic carbocycles. The van der Waals surface area contributed by atoms with Crippen molar-refractivity contribution in [3.63, 3.8) is 0 Å². The van der Waals surface area contributed by atoms with Crippen molar-refractivity contribution in [1.29, 1.82) is 0 Å². The Morgan fingerprint density at radius 1 is 1.21 bits per heavy atom. The molecule has 0 aliphatic heterocycles. The number of nitrogens with zero attached hydrogens (tertiary/aromatic N) is 1. The highest BCUT2D eigenvalue weighted by atomic mass is 79.9. The standard InChI is InChI=1S/C15H23BrN2O/c1-3-11-18(12-4-2)15(19)9-10-17-14-8-6-5-7-13(14)16/h5-8,17H,3-4,9-12H2,1-2H3. The molecule has 0 aliphatic rings. The third-order valence-corrected chi connectivity index (χ3v) is 3.56. The van der Waals surface area contributed by atoms with Gasteiger partial charge in [-0.05, 0) is 40.9 Å². The number of halogens is 1. The normalized spacial score (nSPS) is 10.3. The van der Waals surface area contributed by atoms with E-state index in [1.165, 1.54) is 0 Å². The van der Waals surface area contributed by atoms with Gasteiger partial charge >= 0.3 is 0 Å². The summed E-state index contributed by atoms with van der Waals surface area (Å²) in [6.07, 6.45) is 2.58. The second-order valence-corrected chi connectivity index (χ2v) is 5.39. The van der Waals surface area contributed by atoms with Crippen LogP contribution in [0.2, 0.25) is 0 Å². The zero-order valence-electron chi connectivity index (χ0n) is 11.8. The van der Waals surface area contributed by atoms with Crippen LogP contribution in [0.5, 0.6) is 0 Å². The largest absolute Gasteiger partial charge is 0.384 e. The highest BCUT2D eigenvalue weighted by Crippen LogP contribution is 2.20. The summed E-state index contributed by atoms with van der Waals surface area (Å²) in [6, 6.07) is 7.95. The first-order valence-corrected chi connectivity index (χ1v) is 7.74. The van der Waals surface area contributed by atoms with Crippen LogP contribution in [0.3, 0.4) is 0 Å². The maximum atomic E-state index is 12.1. The molecular weight excluding hydrogens is 304 g/mol. The zero-order chi connectivity index (χ0) is 14.1. The van der Waals surface area contributed by atoms with Gasteiger partial charge in [0.05, 0.1) is 0 Å². The minimum Gasteiger partial charge on any atom is -0.384 e. The average Bonchev–Trinajstić information content (AvgIpc) is 2.40. The summed E-state index contributed by atoms with van der Waals surface area (Å²) < 4.78 is 1.03. The Morgan fingerprint density at radius 3 is 2.42 bits per heavy atom. The van der Waals surface area contributed by atoms with Crippen molar-refractivity contribution in [3.8, 4) is 0 Å². The third-order valence-electron chi connectivity index (χ3n) is 2.87. The predicted octanol–water partition coefficient (Wildman–Crippen LogP) is 3.90. The van der Waals surface area contributed by atoms with Gasteiger partial charge in [-0.1, -0.05) is 26.0 Å². The van der Waals surface area contributed by atoms with Gasteiger partial charge < -0.3 is 10.2 Å². The third kappa shape index (κ3) is 5.64. The number of para-hydroxylation sites is 1. The van der Waals surface area contributed by atoms with Gasteiger partial charge in [0.15, 0.2) is 0 Å². The summed E-state index contributed by atoms with van der Waals surface area (Å²) in [4.78, 5) is 14.0. The fraction of sp³-hybridized carbons (Fsp3) is 0.533. The molecular formula is C15H23BrN2O. The van der Waals surface area contributed by atoms with Gasteiger partial charge in [0.2, 0.25) is 5.91 Å². The SMILES string of the molecule is CCCN(CCC)C(=O)CCNc1ccccc1Br. The topological polar surface area (TPSA) is 32.3 Å². The summed E-state index contributed by atoms with van der Waals surface area (Å²) in [7, 11) is 0. The fourth-order valence-electron chi connectivity index (χ4n) is 1.97. The molecule has 1 amide bonds. The van der Waals surface area contributed by atoms with E-state index in [1.807, 2.05) is 29.2 Å². The Labute approximate surface area is 124 Å². The molecule has 0 saturated heterocycles. The van der Waals surface area contributed by atoms with Gasteiger partial charge in [0.1, 0.15) is 0 Å². The van der Waals surface area contributed by atoms with Gasteiger partial charge in [-0.2, -0.15) is 0 Å². The number of nitrogens with one attached hydrogen (secondary N) is 1. The van der Waals surface area contributed by atoms with Crippen molar-refractivity contribution < 1.29 is 4.79 Å². The van der Waals surface area contributed by atoms with E-state index in [2.05, 4.69) is 35.1 Å². The van der Waals surface area contributed by atoms with Crippen LogP contribution < -0.4 is 5.32 Å². The van der Waals surface area contributed by atoms with Crippen LogP contribution in [-0.2, 0) is 4.79 Å². The predicted molar refractivity (Wildman–Crippen MR) is 84.4 cm³/mol. The van der Waals surface area contributed by atoms with Crippen molar-refractivity contribution in [2.45, 2.75) is 33.1 Å². The smallest absolute Gasteiger partial charge is 0.224 e. The quantitative estimate of drug-likeness (QED) is 0.785. The molecule has 0 fully saturated rings. The van der Waals surface area contributed by atoms with Crippen LogP contribution in [0.15, 0.2) is 28.7 Å². The average molecular weight is 327 g/mol. The summed E-state index contributed by atoms with van der Waals surface area (Å²) in [5.74, 6) is 0.239. The Kier molecular flexibility index (Phi) is 7.56. The summed E-state index contributed by atoms with van der Waals surface area (Å²) >= 11 is 3.48. The molecule has 0 saturated carbocycles. The van der Waals surface area contributed by atoms with Gasteiger partial charge in [-0.3, -0.25) is 4.79 Å². The van der Waals surface area contributed by atoms with Gasteiger partial charge in [0.25, 0.3) is 0 Å². The van der Waals surface area contributed by atoms with E-state index in [9.17, 15) is 4.79 Å². The highest BCUT2D eigenvalue weighted by Gasteiger charge is 2.11. The van der Waals surface area contributed by atoms with Crippen molar-refractivity contribution in [2.24, 2.45) is 0 Å². The van der Waals surface area contributed by atoms with Crippen LogP contribution in [0, 0.1) is 0 Å². The molecule has 19 heavy (non-hydrogen) atoms. The Hall–Kier alpha value is -1.03. The number of hydrogen-bond acceptors (Lipinski definition) is 2. The maximum Gasteiger partial charge on any atom is 0.224 e. The number of carbonyl (C=O) groups is 1. The first-order valence-electron chi connectivity index (χ1n) is 6.95. The van der Waals surface area contributed by atoms with E-state index in [0.717, 1.165) is 36.1 Å². The van der Waals surface area contributed by atoms with Gasteiger partial charge in [0, 0.05) is 36.2 Å². The van der Waals surface area contributed by atoms with E-state index in [0.29, 0.717) is 13.0 Å². The lowest BCUT2D eigenvalue weighted by atomic mass is 10.3. The fourth-order valence-corrected chi connectivity index (χ4v) is 2.39. The number of carbonyl (C=O) groups excluding carboxylic acids is 1. The molecule has 3 nitrogen and oxygen atoms in total. The molecule has 106 valence electrons. The summed E-state index contributed by atoms with van der Waals surface area (Å²) in [5.41, 5.74) is 1.04. The lowest BCUT2D eigenvalue weighted by molar-refractivity contribution is -0.131. The van der Waals surface area contributed by atoms with Gasteiger partial charge in [-0.25, -0.2) is 0 Å². The maximum absolute atomic E-state index is 12.1. The van der Waals surface area contributed by atoms with E-state index in [4.69, 9.17) is 0 Å². The van der Waals surface area contributed by atoms with Crippen LogP contribution in [-0.4, -0.2) is 30.4 Å². The Morgan fingerprint density at radius 2 is 1.84 bits per heavy atom. The Balaban J connectivity index is 2.39. The molecule has 0 bridgehead atoms. The molecule has 1 aromatic carbocycles. The second-order valence-electron chi connectivity index (χ2n) is 4.54. The lowest BCUT2D eigenvalue weighted by Crippen LogP contribution is -2.33. The molecule has 0 unspecified atom stereocenters. The highest BCUT2D eigenvalue weighted by molar-refractivity contribution is 9.10. The molecule has 0 aromatic heterocycles. The second kappa shape index (κ2) is 8.97. The van der Waals surface area contributed by atoms with Crippen LogP contribution >= 0.6 is 15.9 Å². The van der Waals surface area contributed by atoms with E-state index in [1.54, 1.807) is 0 Å². The summed E-state index contributed by atoms with van der Waals surface area (Å²) in [6.45, 7) is 6.61. The van der Waals surface area contributed by atoms with Crippen LogP contribution in [0.25, 0.3) is 0 Å². The zero-order valence-corrected chi connectivity index (χ0v) is 13.4. The molecule has 1 rings (SSSR count). The van der Waals surface area contributed by atoms with Crippen molar-refractivity contribution in [1.82, 2.24) is 4.90 Å². The van der Waals surface area contributed by atoms with Crippen LogP contribution in [0.1, 0.15) is 33.1 Å². The van der Waals surface area contributed by atoms with Crippen LogP contribution in [0.4, 0.5) is 5.69 Å². The van der Waals surface area contributed by atoms with E-state index in [-0.39, 0.29) is 5.91 Å². The van der Waals surface area contributed by atoms with E-state index < -0.39 is 0 Å². The molecule has 1 N–H and O–H groups in total. The first-order chi connectivity index (χ1) is 9.19. The molecule has 1 aromatic rings. The molecule has 0 spiro atoms. The summed E-state index contributed by atoms with van der Waals surface area (Å²) in [5, 5.41) is 3.29. The van der Waals surface area contributed by atoms with Crippen molar-refractivity contribution in [2.75, 3.05) is 25.0 Å². The minimum absolute atomic E-state index is 0.239. The number of anilines is 1. The van der Waals surface area contributed by atoms with Crippen molar-refractivity contribution in [3.05, 3.63) is 28.7 Å². The molecule has 0 heterocycles. The minimum atomic E-state index is 0.239. The number of benzene rings is 1. The molecule has 0 radical (unpaired) electrons. The van der Waals surface area contributed by atoms with Crippen molar-refractivity contribution >= 4 is 27.5 Å². The number of hydrogen-bond donors (Lipinski definition) is 1. The molecule has 0 atom stereocenters. The Bertz CT molecular complexity index is 389. The van der Waals surface area contributed by atoms with Gasteiger partial charge in [-0.15, -0.1) is 0 Å². The monoisotopic (exact) mass is 326 g/mol.